The van der Waals surface area contributed by atoms with Gasteiger partial charge < -0.3 is 24.3 Å². The molecule has 1 fully saturated rings. The number of thioether (sulfide) groups is 1. The van der Waals surface area contributed by atoms with Gasteiger partial charge in [0.1, 0.15) is 5.75 Å². The molecule has 1 aliphatic rings. The molecular weight excluding hydrogens is 448 g/mol. The SMILES string of the molecule is COc1cccc(C(=O)NCCN2C(=O)S/C(=C\c3cc(OC)c(OC)c(OC)c3)C2=O)c1. The number of imide groups is 1. The van der Waals surface area contributed by atoms with Crippen LogP contribution in [0.4, 0.5) is 4.79 Å². The molecule has 1 heterocycles. The molecule has 1 saturated heterocycles. The van der Waals surface area contributed by atoms with Gasteiger partial charge in [-0.05, 0) is 53.7 Å². The van der Waals surface area contributed by atoms with Gasteiger partial charge in [0.15, 0.2) is 11.5 Å². The van der Waals surface area contributed by atoms with Crippen molar-refractivity contribution in [3.05, 3.63) is 52.4 Å². The summed E-state index contributed by atoms with van der Waals surface area (Å²) >= 11 is 0.830. The highest BCUT2D eigenvalue weighted by molar-refractivity contribution is 8.18. The predicted octanol–water partition coefficient (Wildman–Crippen LogP) is 3.19. The highest BCUT2D eigenvalue weighted by atomic mass is 32.2. The van der Waals surface area contributed by atoms with Crippen LogP contribution in [-0.4, -0.2) is 63.5 Å². The summed E-state index contributed by atoms with van der Waals surface area (Å²) in [6.45, 7) is 0.165. The zero-order chi connectivity index (χ0) is 24.0. The van der Waals surface area contributed by atoms with E-state index in [0.717, 1.165) is 16.7 Å². The number of hydrogen-bond donors (Lipinski definition) is 1. The van der Waals surface area contributed by atoms with Gasteiger partial charge in [0.2, 0.25) is 5.75 Å². The fraction of sp³-hybridized carbons (Fsp3) is 0.261. The number of methoxy groups -OCH3 is 4. The van der Waals surface area contributed by atoms with Gasteiger partial charge in [-0.1, -0.05) is 6.07 Å². The fourth-order valence-corrected chi connectivity index (χ4v) is 4.04. The monoisotopic (exact) mass is 472 g/mol. The first-order chi connectivity index (χ1) is 15.9. The second kappa shape index (κ2) is 10.8. The third-order valence-corrected chi connectivity index (χ3v) is 5.72. The van der Waals surface area contributed by atoms with E-state index in [1.54, 1.807) is 42.5 Å². The lowest BCUT2D eigenvalue weighted by atomic mass is 10.1. The van der Waals surface area contributed by atoms with Gasteiger partial charge in [-0.3, -0.25) is 19.3 Å². The topological polar surface area (TPSA) is 103 Å². The number of benzene rings is 2. The summed E-state index contributed by atoms with van der Waals surface area (Å²) in [7, 11) is 6.00. The maximum Gasteiger partial charge on any atom is 0.293 e. The number of amides is 3. The second-order valence-corrected chi connectivity index (χ2v) is 7.77. The van der Waals surface area contributed by atoms with Gasteiger partial charge in [-0.15, -0.1) is 0 Å². The molecular formula is C23H24N2O7S. The van der Waals surface area contributed by atoms with Gasteiger partial charge in [0, 0.05) is 18.7 Å². The highest BCUT2D eigenvalue weighted by Crippen LogP contribution is 2.40. The third kappa shape index (κ3) is 5.40. The normalized spacial score (nSPS) is 14.4. The zero-order valence-corrected chi connectivity index (χ0v) is 19.5. The van der Waals surface area contributed by atoms with Crippen molar-refractivity contribution in [3.8, 4) is 23.0 Å². The zero-order valence-electron chi connectivity index (χ0n) is 18.7. The fourth-order valence-electron chi connectivity index (χ4n) is 3.18. The van der Waals surface area contributed by atoms with Gasteiger partial charge >= 0.3 is 0 Å². The van der Waals surface area contributed by atoms with E-state index in [2.05, 4.69) is 5.32 Å². The van der Waals surface area contributed by atoms with Gasteiger partial charge in [-0.2, -0.15) is 0 Å². The van der Waals surface area contributed by atoms with Crippen molar-refractivity contribution in [1.29, 1.82) is 0 Å². The first kappa shape index (κ1) is 24.0. The molecule has 2 aromatic carbocycles. The number of hydrogen-bond acceptors (Lipinski definition) is 8. The van der Waals surface area contributed by atoms with Crippen molar-refractivity contribution in [3.63, 3.8) is 0 Å². The van der Waals surface area contributed by atoms with Crippen LogP contribution in [0.5, 0.6) is 23.0 Å². The first-order valence-corrected chi connectivity index (χ1v) is 10.7. The lowest BCUT2D eigenvalue weighted by Crippen LogP contribution is -2.37. The van der Waals surface area contributed by atoms with Crippen molar-refractivity contribution in [1.82, 2.24) is 10.2 Å². The van der Waals surface area contributed by atoms with Crippen LogP contribution in [-0.2, 0) is 4.79 Å². The van der Waals surface area contributed by atoms with Crippen LogP contribution in [0.15, 0.2) is 41.3 Å². The minimum atomic E-state index is -0.436. The van der Waals surface area contributed by atoms with Crippen LogP contribution >= 0.6 is 11.8 Å². The molecule has 2 aromatic rings. The Labute approximate surface area is 195 Å². The van der Waals surface area contributed by atoms with E-state index in [4.69, 9.17) is 18.9 Å². The maximum absolute atomic E-state index is 12.8. The predicted molar refractivity (Wildman–Crippen MR) is 124 cm³/mol. The molecule has 0 atom stereocenters. The average molecular weight is 473 g/mol. The van der Waals surface area contributed by atoms with Crippen molar-refractivity contribution >= 4 is 34.9 Å². The lowest BCUT2D eigenvalue weighted by Gasteiger charge is -2.14. The molecule has 33 heavy (non-hydrogen) atoms. The molecule has 3 rings (SSSR count). The van der Waals surface area contributed by atoms with Crippen LogP contribution in [0.1, 0.15) is 15.9 Å². The molecule has 0 aliphatic carbocycles. The Balaban J connectivity index is 1.68. The molecule has 174 valence electrons. The van der Waals surface area contributed by atoms with Crippen LogP contribution in [0.25, 0.3) is 6.08 Å². The van der Waals surface area contributed by atoms with E-state index >= 15 is 0 Å². The molecule has 3 amide bonds. The summed E-state index contributed by atoms with van der Waals surface area (Å²) in [6.07, 6.45) is 1.59. The standard InChI is InChI=1S/C23H24N2O7S/c1-29-16-7-5-6-15(13-16)21(26)24-8-9-25-22(27)19(33-23(25)28)12-14-10-17(30-2)20(32-4)18(11-14)31-3/h5-7,10-13H,8-9H2,1-4H3,(H,24,26)/b19-12-. The molecule has 10 heteroatoms. The molecule has 9 nitrogen and oxygen atoms in total. The number of rotatable bonds is 9. The average Bonchev–Trinajstić information content (AvgIpc) is 3.10. The molecule has 0 saturated carbocycles. The lowest BCUT2D eigenvalue weighted by molar-refractivity contribution is -0.122. The Morgan fingerprint density at radius 1 is 1.00 bits per heavy atom. The van der Waals surface area contributed by atoms with Crippen LogP contribution in [0.2, 0.25) is 0 Å². The largest absolute Gasteiger partial charge is 0.497 e. The van der Waals surface area contributed by atoms with Crippen molar-refractivity contribution in [2.45, 2.75) is 0 Å². The van der Waals surface area contributed by atoms with Crippen LogP contribution in [0, 0.1) is 0 Å². The van der Waals surface area contributed by atoms with Gasteiger partial charge in [0.05, 0.1) is 33.3 Å². The van der Waals surface area contributed by atoms with Crippen molar-refractivity contribution < 1.29 is 33.3 Å². The van der Waals surface area contributed by atoms with Crippen molar-refractivity contribution in [2.75, 3.05) is 41.5 Å². The Kier molecular flexibility index (Phi) is 7.83. The summed E-state index contributed by atoms with van der Waals surface area (Å²) < 4.78 is 21.1. The first-order valence-electron chi connectivity index (χ1n) is 9.89. The summed E-state index contributed by atoms with van der Waals surface area (Å²) in [6, 6.07) is 10.1. The minimum absolute atomic E-state index is 0.0486. The van der Waals surface area contributed by atoms with E-state index in [1.165, 1.54) is 28.4 Å². The molecule has 0 unspecified atom stereocenters. The maximum atomic E-state index is 12.8. The number of ether oxygens (including phenoxy) is 4. The second-order valence-electron chi connectivity index (χ2n) is 6.78. The van der Waals surface area contributed by atoms with Gasteiger partial charge in [0.25, 0.3) is 17.1 Å². The number of nitrogens with one attached hydrogen (secondary N) is 1. The van der Waals surface area contributed by atoms with E-state index in [9.17, 15) is 14.4 Å². The molecule has 1 N–H and O–H groups in total. The Morgan fingerprint density at radius 2 is 1.70 bits per heavy atom. The molecule has 0 radical (unpaired) electrons. The van der Waals surface area contributed by atoms with Crippen LogP contribution in [0.3, 0.4) is 0 Å². The third-order valence-electron chi connectivity index (χ3n) is 4.81. The summed E-state index contributed by atoms with van der Waals surface area (Å²) in [5, 5.41) is 2.30. The van der Waals surface area contributed by atoms with E-state index in [0.29, 0.717) is 34.1 Å². The van der Waals surface area contributed by atoms with Gasteiger partial charge in [-0.25, -0.2) is 0 Å². The van der Waals surface area contributed by atoms with E-state index < -0.39 is 11.1 Å². The molecule has 1 aliphatic heterocycles. The Hall–Kier alpha value is -3.66. The summed E-state index contributed by atoms with van der Waals surface area (Å²) in [5.74, 6) is 1.09. The number of carbonyl (C=O) groups is 3. The van der Waals surface area contributed by atoms with E-state index in [1.807, 2.05) is 0 Å². The number of carbonyl (C=O) groups excluding carboxylic acids is 3. The molecule has 0 bridgehead atoms. The smallest absolute Gasteiger partial charge is 0.293 e. The highest BCUT2D eigenvalue weighted by Gasteiger charge is 2.34. The molecule has 0 spiro atoms. The summed E-state index contributed by atoms with van der Waals surface area (Å²) in [5.41, 5.74) is 1.03. The van der Waals surface area contributed by atoms with Crippen molar-refractivity contribution in [2.24, 2.45) is 0 Å². The quantitative estimate of drug-likeness (QED) is 0.555. The van der Waals surface area contributed by atoms with Crippen LogP contribution < -0.4 is 24.3 Å². The minimum Gasteiger partial charge on any atom is -0.497 e. The Bertz CT molecular complexity index is 1070. The Morgan fingerprint density at radius 3 is 2.30 bits per heavy atom. The molecule has 0 aromatic heterocycles. The van der Waals surface area contributed by atoms with E-state index in [-0.39, 0.29) is 23.9 Å². The summed E-state index contributed by atoms with van der Waals surface area (Å²) in [4.78, 5) is 38.8. The number of nitrogens with zero attached hydrogens (tertiary/aromatic N) is 1.